The number of hydrogen-bond donors (Lipinski definition) is 0. The number of likely N-dealkylation sites (tertiary alicyclic amines) is 2. The average molecular weight is 448 g/mol. The van der Waals surface area contributed by atoms with Crippen LogP contribution in [-0.4, -0.2) is 72.3 Å². The van der Waals surface area contributed by atoms with Gasteiger partial charge >= 0.3 is 0 Å². The highest BCUT2D eigenvalue weighted by molar-refractivity contribution is 7.88. The molecule has 3 saturated heterocycles. The quantitative estimate of drug-likeness (QED) is 0.670. The minimum atomic E-state index is -3.65. The molecule has 3 heterocycles. The van der Waals surface area contributed by atoms with Gasteiger partial charge in [-0.1, -0.05) is 31.9 Å². The lowest BCUT2D eigenvalue weighted by Gasteiger charge is -2.28. The van der Waals surface area contributed by atoms with Crippen LogP contribution in [0.4, 0.5) is 0 Å². The number of carbonyl (C=O) groups excluding carboxylic acids is 2. The summed E-state index contributed by atoms with van der Waals surface area (Å²) in [5.41, 5.74) is 1.80. The van der Waals surface area contributed by atoms with Crippen LogP contribution >= 0.6 is 0 Å². The van der Waals surface area contributed by atoms with Gasteiger partial charge in [-0.05, 0) is 56.5 Å². The molecular weight excluding hydrogens is 414 g/mol. The first kappa shape index (κ1) is 22.3. The van der Waals surface area contributed by atoms with Gasteiger partial charge in [-0.15, -0.1) is 0 Å². The Hall–Kier alpha value is -1.93. The zero-order chi connectivity index (χ0) is 22.2. The van der Waals surface area contributed by atoms with Crippen LogP contribution in [0.15, 0.2) is 24.3 Å². The average Bonchev–Trinajstić information content (AvgIpc) is 3.27. The first-order chi connectivity index (χ1) is 14.8. The van der Waals surface area contributed by atoms with E-state index in [4.69, 9.17) is 0 Å². The Morgan fingerprint density at radius 3 is 2.35 bits per heavy atom. The zero-order valence-corrected chi connectivity index (χ0v) is 19.3. The van der Waals surface area contributed by atoms with E-state index in [1.807, 2.05) is 31.2 Å². The summed E-state index contributed by atoms with van der Waals surface area (Å²) in [6.45, 7) is 5.61. The Balaban J connectivity index is 1.51. The third-order valence-corrected chi connectivity index (χ3v) is 8.11. The van der Waals surface area contributed by atoms with Gasteiger partial charge in [-0.25, -0.2) is 12.7 Å². The first-order valence-corrected chi connectivity index (χ1v) is 13.3. The molecule has 4 rings (SSSR count). The number of nitrogens with zero attached hydrogens (tertiary/aromatic N) is 3. The second kappa shape index (κ2) is 8.90. The van der Waals surface area contributed by atoms with Gasteiger partial charge in [0.05, 0.1) is 24.3 Å². The summed E-state index contributed by atoms with van der Waals surface area (Å²) in [5, 5.41) is 0. The highest BCUT2D eigenvalue weighted by Gasteiger charge is 2.57. The number of fused-ring (bicyclic) bond motifs is 1. The van der Waals surface area contributed by atoms with Crippen molar-refractivity contribution in [1.82, 2.24) is 14.1 Å². The van der Waals surface area contributed by atoms with Crippen molar-refractivity contribution in [2.24, 2.45) is 5.92 Å². The Morgan fingerprint density at radius 1 is 1.06 bits per heavy atom. The summed E-state index contributed by atoms with van der Waals surface area (Å²) >= 11 is 0. The number of rotatable bonds is 6. The number of benzene rings is 1. The topological polar surface area (TPSA) is 78.0 Å². The molecule has 0 radical (unpaired) electrons. The fourth-order valence-corrected chi connectivity index (χ4v) is 6.74. The van der Waals surface area contributed by atoms with E-state index in [-0.39, 0.29) is 17.9 Å². The normalized spacial score (nSPS) is 27.0. The third kappa shape index (κ3) is 4.37. The first-order valence-electron chi connectivity index (χ1n) is 11.5. The predicted octanol–water partition coefficient (Wildman–Crippen LogP) is 2.47. The predicted molar refractivity (Wildman–Crippen MR) is 119 cm³/mol. The van der Waals surface area contributed by atoms with E-state index in [0.29, 0.717) is 24.9 Å². The summed E-state index contributed by atoms with van der Waals surface area (Å²) < 4.78 is 25.6. The molecule has 7 nitrogen and oxygen atoms in total. The fraction of sp³-hybridized carbons (Fsp3) is 0.652. The van der Waals surface area contributed by atoms with Gasteiger partial charge in [0.2, 0.25) is 15.9 Å². The van der Waals surface area contributed by atoms with Gasteiger partial charge in [-0.3, -0.25) is 14.5 Å². The second-order valence-corrected chi connectivity index (χ2v) is 11.0. The van der Waals surface area contributed by atoms with Crippen molar-refractivity contribution in [2.45, 2.75) is 64.1 Å². The molecule has 3 aliphatic heterocycles. The van der Waals surface area contributed by atoms with Crippen molar-refractivity contribution in [2.75, 3.05) is 25.9 Å². The lowest BCUT2D eigenvalue weighted by atomic mass is 9.94. The van der Waals surface area contributed by atoms with Gasteiger partial charge in [-0.2, -0.15) is 0 Å². The van der Waals surface area contributed by atoms with E-state index < -0.39 is 22.0 Å². The van der Waals surface area contributed by atoms with E-state index in [1.165, 1.54) is 24.8 Å². The van der Waals surface area contributed by atoms with E-state index in [2.05, 4.69) is 4.90 Å². The Kier molecular flexibility index (Phi) is 6.40. The molecule has 3 aliphatic rings. The van der Waals surface area contributed by atoms with Crippen LogP contribution < -0.4 is 0 Å². The minimum absolute atomic E-state index is 0.110. The molecule has 0 unspecified atom stereocenters. The van der Waals surface area contributed by atoms with Crippen LogP contribution in [0.3, 0.4) is 0 Å². The van der Waals surface area contributed by atoms with E-state index in [9.17, 15) is 18.0 Å². The molecule has 0 saturated carbocycles. The van der Waals surface area contributed by atoms with Crippen LogP contribution in [-0.2, 0) is 21.4 Å². The van der Waals surface area contributed by atoms with E-state index >= 15 is 0 Å². The SMILES string of the molecule is CCC[C@H]1C(=O)N(S(C)(=O)=O)[C@H]2CCN(C(=O)c3ccc(CN4CCCCC4)cc3)[C@H]12. The van der Waals surface area contributed by atoms with Gasteiger partial charge in [0, 0.05) is 18.7 Å². The van der Waals surface area contributed by atoms with Crippen LogP contribution in [0.2, 0.25) is 0 Å². The summed E-state index contributed by atoms with van der Waals surface area (Å²) in [4.78, 5) is 30.4. The van der Waals surface area contributed by atoms with Gasteiger partial charge in [0.15, 0.2) is 0 Å². The maximum Gasteiger partial charge on any atom is 0.254 e. The zero-order valence-electron chi connectivity index (χ0n) is 18.5. The third-order valence-electron chi connectivity index (χ3n) is 6.94. The number of amides is 2. The molecule has 0 bridgehead atoms. The molecule has 1 aromatic rings. The lowest BCUT2D eigenvalue weighted by molar-refractivity contribution is -0.128. The van der Waals surface area contributed by atoms with Crippen molar-refractivity contribution >= 4 is 21.8 Å². The smallest absolute Gasteiger partial charge is 0.254 e. The highest BCUT2D eigenvalue weighted by Crippen LogP contribution is 2.40. The summed E-state index contributed by atoms with van der Waals surface area (Å²) in [7, 11) is -3.65. The highest BCUT2D eigenvalue weighted by atomic mass is 32.2. The molecule has 31 heavy (non-hydrogen) atoms. The Labute approximate surface area is 185 Å². The largest absolute Gasteiger partial charge is 0.333 e. The van der Waals surface area contributed by atoms with Gasteiger partial charge < -0.3 is 4.90 Å². The van der Waals surface area contributed by atoms with Crippen molar-refractivity contribution in [3.05, 3.63) is 35.4 Å². The van der Waals surface area contributed by atoms with Crippen molar-refractivity contribution < 1.29 is 18.0 Å². The molecule has 170 valence electrons. The summed E-state index contributed by atoms with van der Waals surface area (Å²) in [5.74, 6) is -0.912. The van der Waals surface area contributed by atoms with Crippen LogP contribution in [0.25, 0.3) is 0 Å². The second-order valence-electron chi connectivity index (χ2n) is 9.17. The Bertz CT molecular complexity index is 925. The fourth-order valence-electron chi connectivity index (χ4n) is 5.56. The van der Waals surface area contributed by atoms with Gasteiger partial charge in [0.1, 0.15) is 0 Å². The lowest BCUT2D eigenvalue weighted by Crippen LogP contribution is -2.43. The number of sulfonamides is 1. The molecule has 3 fully saturated rings. The molecule has 2 amide bonds. The van der Waals surface area contributed by atoms with Crippen molar-refractivity contribution in [1.29, 1.82) is 0 Å². The number of hydrogen-bond acceptors (Lipinski definition) is 5. The molecular formula is C23H33N3O4S. The molecule has 8 heteroatoms. The molecule has 0 N–H and O–H groups in total. The Morgan fingerprint density at radius 2 is 1.74 bits per heavy atom. The van der Waals surface area contributed by atoms with E-state index in [1.54, 1.807) is 4.90 Å². The van der Waals surface area contributed by atoms with Crippen LogP contribution in [0.5, 0.6) is 0 Å². The maximum atomic E-state index is 13.3. The number of carbonyl (C=O) groups is 2. The monoisotopic (exact) mass is 447 g/mol. The van der Waals surface area contributed by atoms with E-state index in [0.717, 1.165) is 36.6 Å². The van der Waals surface area contributed by atoms with Crippen molar-refractivity contribution in [3.8, 4) is 0 Å². The van der Waals surface area contributed by atoms with Crippen LogP contribution in [0.1, 0.15) is 61.4 Å². The standard InChI is InChI=1S/C23H33N3O4S/c1-3-7-19-21-20(26(23(19)28)31(2,29)30)12-15-25(21)22(27)18-10-8-17(9-11-18)16-24-13-5-4-6-14-24/h8-11,19-21H,3-7,12-16H2,1-2H3/t19-,20+,21-/m1/s1. The molecule has 0 spiro atoms. The molecule has 3 atom stereocenters. The summed E-state index contributed by atoms with van der Waals surface area (Å²) in [6.07, 6.45) is 6.74. The maximum absolute atomic E-state index is 13.3. The molecule has 0 aromatic heterocycles. The molecule has 0 aliphatic carbocycles. The summed E-state index contributed by atoms with van der Waals surface area (Å²) in [6, 6.07) is 6.95. The molecule has 1 aromatic carbocycles. The van der Waals surface area contributed by atoms with Crippen molar-refractivity contribution in [3.63, 3.8) is 0 Å². The number of piperidine rings is 1. The minimum Gasteiger partial charge on any atom is -0.333 e. The van der Waals surface area contributed by atoms with Crippen LogP contribution in [0, 0.1) is 5.92 Å². The van der Waals surface area contributed by atoms with Gasteiger partial charge in [0.25, 0.3) is 5.91 Å².